The number of nitrogens with zero attached hydrogens (tertiary/aromatic N) is 1. The van der Waals surface area contributed by atoms with Crippen LogP contribution in [0.5, 0.6) is 0 Å². The summed E-state index contributed by atoms with van der Waals surface area (Å²) in [5, 5.41) is 2.52. The van der Waals surface area contributed by atoms with Crippen LogP contribution in [0.2, 0.25) is 0 Å². The average Bonchev–Trinajstić information content (AvgIpc) is 3.14. The van der Waals surface area contributed by atoms with Crippen molar-refractivity contribution in [1.29, 1.82) is 0 Å². The lowest BCUT2D eigenvalue weighted by atomic mass is 9.96. The van der Waals surface area contributed by atoms with Crippen LogP contribution in [0.4, 0.5) is 23.7 Å². The number of aliphatic imine (C=N–C) groups is 1. The van der Waals surface area contributed by atoms with Crippen LogP contribution in [-0.2, 0) is 48.2 Å². The smallest absolute Gasteiger partial charge is 0.445 e. The lowest BCUT2D eigenvalue weighted by molar-refractivity contribution is -0.277. The summed E-state index contributed by atoms with van der Waals surface area (Å²) in [6, 6.07) is 33.4. The van der Waals surface area contributed by atoms with Crippen molar-refractivity contribution < 1.29 is 46.4 Å². The van der Waals surface area contributed by atoms with E-state index in [0.29, 0.717) is 0 Å². The summed E-state index contributed by atoms with van der Waals surface area (Å²) in [5.74, 6) is -1.63. The van der Waals surface area contributed by atoms with Crippen LogP contribution in [-0.4, -0.2) is 65.8 Å². The topological polar surface area (TPSA) is 96.8 Å². The third-order valence-corrected chi connectivity index (χ3v) is 8.05. The molecule has 1 aliphatic heterocycles. The van der Waals surface area contributed by atoms with Crippen molar-refractivity contribution in [3.05, 3.63) is 138 Å². The Kier molecular flexibility index (Phi) is 14.8. The van der Waals surface area contributed by atoms with Gasteiger partial charge in [-0.3, -0.25) is 0 Å². The molecule has 1 heterocycles. The first kappa shape index (κ1) is 40.3. The number of alkyl halides is 6. The lowest BCUT2D eigenvalue weighted by Crippen LogP contribution is -2.66. The maximum absolute atomic E-state index is 14.6. The van der Waals surface area contributed by atoms with Gasteiger partial charge in [0.1, 0.15) is 31.0 Å². The molecule has 4 aromatic rings. The second kappa shape index (κ2) is 19.4. The minimum Gasteiger partial charge on any atom is -0.445 e. The molecule has 0 radical (unpaired) electrons. The fourth-order valence-electron chi connectivity index (χ4n) is 5.30. The number of carbonyl (C=O) groups is 1. The van der Waals surface area contributed by atoms with Crippen molar-refractivity contribution >= 4 is 52.5 Å². The summed E-state index contributed by atoms with van der Waals surface area (Å²) in [5.41, 5.74) is 2.33. The number of nitrogens with one attached hydrogen (secondary N) is 1. The lowest BCUT2D eigenvalue weighted by Gasteiger charge is -2.46. The standard InChI is InChI=1S/C38H36Cl3F3N2O7/c39-37(40,41)25-51-36(47)46-31-33(50-23-28-17-9-3-10-18-28)32(49-22-27-15-7-2-8-16-27)30(24-48-21-26-13-5-1-6-14-26)52-34(31)53-35(38(42,43)44)45-29-19-11-4-12-20-29/h1-20,30-34H,21-25H2,(H,46,47)/t30-,31-,32-,33-,34+/m1/s1. The normalized spacial score (nSPS) is 20.8. The van der Waals surface area contributed by atoms with Gasteiger partial charge in [0.05, 0.1) is 32.1 Å². The summed E-state index contributed by atoms with van der Waals surface area (Å²) >= 11 is 17.4. The van der Waals surface area contributed by atoms with Crippen molar-refractivity contribution in [1.82, 2.24) is 5.32 Å². The number of rotatable bonds is 14. The first-order valence-electron chi connectivity index (χ1n) is 16.4. The Hall–Kier alpha value is -3.88. The number of hydrogen-bond donors (Lipinski definition) is 1. The molecule has 282 valence electrons. The Morgan fingerprint density at radius 3 is 1.72 bits per heavy atom. The van der Waals surface area contributed by atoms with E-state index in [4.69, 9.17) is 63.2 Å². The number of benzene rings is 4. The predicted octanol–water partition coefficient (Wildman–Crippen LogP) is 8.87. The molecule has 0 aromatic heterocycles. The van der Waals surface area contributed by atoms with Crippen LogP contribution >= 0.6 is 34.8 Å². The van der Waals surface area contributed by atoms with E-state index in [-0.39, 0.29) is 32.1 Å². The Labute approximate surface area is 319 Å². The molecule has 5 rings (SSSR count). The Bertz CT molecular complexity index is 1720. The van der Waals surface area contributed by atoms with Gasteiger partial charge < -0.3 is 33.7 Å². The molecule has 5 atom stereocenters. The Morgan fingerprint density at radius 2 is 1.21 bits per heavy atom. The van der Waals surface area contributed by atoms with E-state index in [1.807, 2.05) is 66.7 Å². The van der Waals surface area contributed by atoms with Gasteiger partial charge in [-0.15, -0.1) is 0 Å². The first-order valence-corrected chi connectivity index (χ1v) is 17.5. The molecule has 9 nitrogen and oxygen atoms in total. The van der Waals surface area contributed by atoms with Crippen molar-refractivity contribution in [3.63, 3.8) is 0 Å². The van der Waals surface area contributed by atoms with Crippen molar-refractivity contribution in [3.8, 4) is 0 Å². The monoisotopic (exact) mass is 794 g/mol. The van der Waals surface area contributed by atoms with Gasteiger partial charge in [0.15, 0.2) is 0 Å². The number of halogens is 6. The molecule has 0 saturated carbocycles. The van der Waals surface area contributed by atoms with E-state index >= 15 is 0 Å². The largest absolute Gasteiger partial charge is 0.468 e. The Morgan fingerprint density at radius 1 is 0.717 bits per heavy atom. The molecule has 0 bridgehead atoms. The van der Waals surface area contributed by atoms with E-state index in [1.165, 1.54) is 24.3 Å². The number of amides is 1. The molecule has 1 fully saturated rings. The zero-order valence-corrected chi connectivity index (χ0v) is 30.3. The number of alkyl carbamates (subject to hydrolysis) is 1. The van der Waals surface area contributed by atoms with Gasteiger partial charge in [-0.2, -0.15) is 13.2 Å². The Balaban J connectivity index is 1.54. The fraction of sp³-hybridized carbons (Fsp3) is 0.316. The summed E-state index contributed by atoms with van der Waals surface area (Å²) in [7, 11) is 0. The van der Waals surface area contributed by atoms with E-state index in [1.54, 1.807) is 30.3 Å². The molecule has 0 spiro atoms. The minimum absolute atomic E-state index is 0.0351. The van der Waals surface area contributed by atoms with E-state index in [0.717, 1.165) is 16.7 Å². The quantitative estimate of drug-likeness (QED) is 0.0774. The third-order valence-electron chi connectivity index (χ3n) is 7.72. The number of carbonyl (C=O) groups excluding carboxylic acids is 1. The predicted molar refractivity (Wildman–Crippen MR) is 194 cm³/mol. The van der Waals surface area contributed by atoms with E-state index < -0.39 is 59.2 Å². The number of hydrogen-bond acceptors (Lipinski definition) is 8. The van der Waals surface area contributed by atoms with Gasteiger partial charge in [0.25, 0.3) is 5.90 Å². The molecule has 4 aromatic carbocycles. The summed E-state index contributed by atoms with van der Waals surface area (Å²) in [6.07, 6.45) is -11.5. The van der Waals surface area contributed by atoms with E-state index in [2.05, 4.69) is 10.3 Å². The van der Waals surface area contributed by atoms with E-state index in [9.17, 15) is 18.0 Å². The van der Waals surface area contributed by atoms with Crippen LogP contribution in [0.3, 0.4) is 0 Å². The van der Waals surface area contributed by atoms with Gasteiger partial charge in [0.2, 0.25) is 10.1 Å². The molecule has 1 N–H and O–H groups in total. The second-order valence-electron chi connectivity index (χ2n) is 11.8. The minimum atomic E-state index is -5.08. The molecular weight excluding hydrogens is 760 g/mol. The van der Waals surface area contributed by atoms with Crippen molar-refractivity contribution in [2.45, 2.75) is 60.4 Å². The van der Waals surface area contributed by atoms with Crippen LogP contribution in [0.1, 0.15) is 16.7 Å². The molecule has 1 aliphatic rings. The summed E-state index contributed by atoms with van der Waals surface area (Å²) < 4.78 is 77.6. The van der Waals surface area contributed by atoms with Crippen molar-refractivity contribution in [2.24, 2.45) is 4.99 Å². The van der Waals surface area contributed by atoms with Crippen LogP contribution < -0.4 is 5.32 Å². The highest BCUT2D eigenvalue weighted by atomic mass is 35.6. The average molecular weight is 796 g/mol. The highest BCUT2D eigenvalue weighted by Gasteiger charge is 2.52. The molecule has 53 heavy (non-hydrogen) atoms. The zero-order valence-electron chi connectivity index (χ0n) is 28.0. The maximum atomic E-state index is 14.6. The zero-order chi connectivity index (χ0) is 37.7. The van der Waals surface area contributed by atoms with Gasteiger partial charge in [-0.25, -0.2) is 9.79 Å². The molecule has 15 heteroatoms. The van der Waals surface area contributed by atoms with Crippen LogP contribution in [0, 0.1) is 0 Å². The summed E-state index contributed by atoms with van der Waals surface area (Å²) in [6.45, 7) is -0.672. The van der Waals surface area contributed by atoms with Crippen molar-refractivity contribution in [2.75, 3.05) is 13.2 Å². The van der Waals surface area contributed by atoms with Gasteiger partial charge >= 0.3 is 12.3 Å². The molecule has 1 amide bonds. The highest BCUT2D eigenvalue weighted by Crippen LogP contribution is 2.33. The molecule has 0 aliphatic carbocycles. The van der Waals surface area contributed by atoms with Gasteiger partial charge in [-0.05, 0) is 28.8 Å². The summed E-state index contributed by atoms with van der Waals surface area (Å²) in [4.78, 5) is 16.9. The molecule has 0 unspecified atom stereocenters. The maximum Gasteiger partial charge on any atom is 0.468 e. The highest BCUT2D eigenvalue weighted by molar-refractivity contribution is 6.67. The van der Waals surface area contributed by atoms with Gasteiger partial charge in [-0.1, -0.05) is 144 Å². The van der Waals surface area contributed by atoms with Gasteiger partial charge in [0, 0.05) is 0 Å². The van der Waals surface area contributed by atoms with Crippen LogP contribution in [0.15, 0.2) is 126 Å². The fourth-order valence-corrected chi connectivity index (χ4v) is 5.47. The molecular formula is C38H36Cl3F3N2O7. The SMILES string of the molecule is O=C(N[C@H]1[C@H](OC(=Nc2ccccc2)C(F)(F)F)O[C@H](COCc2ccccc2)[C@@H](OCc2ccccc2)[C@@H]1OCc1ccccc1)OCC(Cl)(Cl)Cl. The van der Waals surface area contributed by atoms with Crippen LogP contribution in [0.25, 0.3) is 0 Å². The number of ether oxygens (including phenoxy) is 6. The second-order valence-corrected chi connectivity index (χ2v) is 14.3. The molecule has 1 saturated heterocycles. The first-order chi connectivity index (χ1) is 25.4. The number of para-hydroxylation sites is 1. The third kappa shape index (κ3) is 13.2.